The number of aromatic hydroxyl groups is 1. The second-order valence-electron chi connectivity index (χ2n) is 8.42. The molecule has 0 bridgehead atoms. The first kappa shape index (κ1) is 17.5. The van der Waals surface area contributed by atoms with Crippen molar-refractivity contribution in [3.8, 4) is 11.5 Å². The van der Waals surface area contributed by atoms with Gasteiger partial charge in [-0.25, -0.2) is 4.79 Å². The Morgan fingerprint density at radius 3 is 2.73 bits per heavy atom. The van der Waals surface area contributed by atoms with Crippen molar-refractivity contribution in [3.05, 3.63) is 23.3 Å². The Hall–Kier alpha value is -1.95. The number of hydrogen-bond donors (Lipinski definition) is 4. The zero-order valence-electron chi connectivity index (χ0n) is 15.3. The average Bonchev–Trinajstić information content (AvgIpc) is 2.84. The number of rotatable bonds is 2. The molecule has 2 saturated carbocycles. The van der Waals surface area contributed by atoms with Gasteiger partial charge >= 0.3 is 6.09 Å². The Kier molecular flexibility index (Phi) is 3.88. The molecule has 0 unspecified atom stereocenters. The van der Waals surface area contributed by atoms with E-state index in [0.29, 0.717) is 24.0 Å². The molecule has 4 rings (SSSR count). The van der Waals surface area contributed by atoms with Gasteiger partial charge in [-0.2, -0.15) is 0 Å². The van der Waals surface area contributed by atoms with Crippen LogP contribution in [0.15, 0.2) is 12.1 Å². The summed E-state index contributed by atoms with van der Waals surface area (Å²) in [5.74, 6) is 1.77. The van der Waals surface area contributed by atoms with E-state index in [1.54, 1.807) is 7.11 Å². The van der Waals surface area contributed by atoms with Crippen LogP contribution in [0, 0.1) is 17.3 Å². The van der Waals surface area contributed by atoms with Crippen molar-refractivity contribution >= 4 is 6.09 Å². The zero-order chi connectivity index (χ0) is 18.7. The van der Waals surface area contributed by atoms with Gasteiger partial charge in [0.15, 0.2) is 11.5 Å². The quantitative estimate of drug-likeness (QED) is 0.606. The molecule has 0 aromatic heterocycles. The van der Waals surface area contributed by atoms with Gasteiger partial charge in [0.1, 0.15) is 5.72 Å². The number of fused-ring (bicyclic) bond motifs is 5. The van der Waals surface area contributed by atoms with Crippen molar-refractivity contribution in [2.75, 3.05) is 7.11 Å². The molecule has 4 N–H and O–H groups in total. The second-order valence-corrected chi connectivity index (χ2v) is 8.42. The predicted molar refractivity (Wildman–Crippen MR) is 95.4 cm³/mol. The van der Waals surface area contributed by atoms with E-state index < -0.39 is 17.2 Å². The highest BCUT2D eigenvalue weighted by atomic mass is 16.5. The number of phenolic OH excluding ortho intramolecular Hbond substituents is 1. The monoisotopic (exact) mass is 361 g/mol. The smallest absolute Gasteiger partial charge is 0.406 e. The first-order chi connectivity index (χ1) is 12.3. The van der Waals surface area contributed by atoms with Gasteiger partial charge in [0.05, 0.1) is 7.11 Å². The number of ether oxygens (including phenoxy) is 1. The van der Waals surface area contributed by atoms with E-state index in [1.807, 2.05) is 19.1 Å². The number of benzene rings is 1. The topological polar surface area (TPSA) is 99.0 Å². The molecular formula is C20H27NO5. The summed E-state index contributed by atoms with van der Waals surface area (Å²) in [6.07, 6.45) is 3.72. The Morgan fingerprint density at radius 1 is 1.27 bits per heavy atom. The summed E-state index contributed by atoms with van der Waals surface area (Å²) in [5.41, 5.74) is 0.650. The highest BCUT2D eigenvalue weighted by Crippen LogP contribution is 2.63. The summed E-state index contributed by atoms with van der Waals surface area (Å²) >= 11 is 0. The number of amides is 1. The fourth-order valence-corrected chi connectivity index (χ4v) is 6.15. The van der Waals surface area contributed by atoms with Gasteiger partial charge in [0.2, 0.25) is 0 Å². The summed E-state index contributed by atoms with van der Waals surface area (Å²) < 4.78 is 5.31. The normalized spacial score (nSPS) is 38.0. The highest BCUT2D eigenvalue weighted by Gasteiger charge is 2.62. The minimum absolute atomic E-state index is 0.186. The summed E-state index contributed by atoms with van der Waals surface area (Å²) in [4.78, 5) is 11.2. The van der Waals surface area contributed by atoms with E-state index in [9.17, 15) is 20.1 Å². The van der Waals surface area contributed by atoms with Gasteiger partial charge < -0.3 is 20.1 Å². The number of hydrogen-bond acceptors (Lipinski definition) is 4. The molecule has 2 fully saturated rings. The highest BCUT2D eigenvalue weighted by molar-refractivity contribution is 5.65. The Labute approximate surface area is 153 Å². The van der Waals surface area contributed by atoms with Crippen LogP contribution in [-0.4, -0.2) is 34.2 Å². The molecule has 1 aromatic rings. The molecule has 6 heteroatoms. The molecule has 6 nitrogen and oxygen atoms in total. The molecule has 3 aliphatic carbocycles. The molecule has 0 aliphatic heterocycles. The molecule has 0 spiro atoms. The van der Waals surface area contributed by atoms with E-state index >= 15 is 0 Å². The molecule has 1 aromatic carbocycles. The molecule has 0 heterocycles. The van der Waals surface area contributed by atoms with Gasteiger partial charge in [-0.15, -0.1) is 0 Å². The zero-order valence-corrected chi connectivity index (χ0v) is 15.3. The van der Waals surface area contributed by atoms with Crippen LogP contribution in [-0.2, 0) is 6.42 Å². The number of phenols is 1. The Morgan fingerprint density at radius 2 is 2.04 bits per heavy atom. The molecule has 3 aliphatic rings. The summed E-state index contributed by atoms with van der Waals surface area (Å²) in [6.45, 7) is 2.05. The number of carbonyl (C=O) groups is 1. The maximum Gasteiger partial charge on any atom is 0.406 e. The van der Waals surface area contributed by atoms with Gasteiger partial charge in [0.25, 0.3) is 0 Å². The lowest BCUT2D eigenvalue weighted by atomic mass is 9.54. The second kappa shape index (κ2) is 5.78. The third-order valence-corrected chi connectivity index (χ3v) is 7.49. The minimum atomic E-state index is -1.35. The lowest BCUT2D eigenvalue weighted by Crippen LogP contribution is -2.59. The van der Waals surface area contributed by atoms with Crippen molar-refractivity contribution < 1.29 is 24.9 Å². The van der Waals surface area contributed by atoms with Crippen LogP contribution in [0.3, 0.4) is 0 Å². The molecule has 0 saturated heterocycles. The molecular weight excluding hydrogens is 334 g/mol. The van der Waals surface area contributed by atoms with E-state index in [-0.39, 0.29) is 11.7 Å². The number of carboxylic acid groups (broad SMARTS) is 1. The summed E-state index contributed by atoms with van der Waals surface area (Å²) in [6, 6.07) is 3.80. The van der Waals surface area contributed by atoms with Crippen molar-refractivity contribution in [2.24, 2.45) is 17.3 Å². The maximum atomic E-state index is 11.2. The van der Waals surface area contributed by atoms with Crippen molar-refractivity contribution in [1.29, 1.82) is 0 Å². The van der Waals surface area contributed by atoms with Crippen molar-refractivity contribution in [2.45, 2.75) is 57.1 Å². The molecule has 5 atom stereocenters. The van der Waals surface area contributed by atoms with Crippen molar-refractivity contribution in [1.82, 2.24) is 5.32 Å². The SMILES string of the molecule is COc1cc2c(cc1O)CC[C@@H]1[C@@H]2CC[C@@]2(C)[C@H]1CC[C@@]2(O)NC(=O)O. The number of aryl methyl sites for hydroxylation is 1. The van der Waals surface area contributed by atoms with Gasteiger partial charge in [-0.1, -0.05) is 6.92 Å². The van der Waals surface area contributed by atoms with E-state index in [0.717, 1.165) is 32.1 Å². The van der Waals surface area contributed by atoms with Gasteiger partial charge in [0, 0.05) is 5.41 Å². The standard InChI is InChI=1S/C20H27NO5/c1-19-7-5-12-13(15(19)6-8-20(19,25)21-18(23)24)4-3-11-9-16(22)17(26-2)10-14(11)12/h9-10,12-13,15,21-22,25H,3-8H2,1-2H3,(H,23,24)/t12-,13+,15-,19-,20-/m0/s1. The van der Waals surface area contributed by atoms with Crippen LogP contribution in [0.2, 0.25) is 0 Å². The number of nitrogens with one attached hydrogen (secondary N) is 1. The van der Waals surface area contributed by atoms with E-state index in [4.69, 9.17) is 4.74 Å². The largest absolute Gasteiger partial charge is 0.504 e. The van der Waals surface area contributed by atoms with Gasteiger partial charge in [-0.05, 0) is 79.5 Å². The number of methoxy groups -OCH3 is 1. The van der Waals surface area contributed by atoms with Crippen LogP contribution < -0.4 is 10.1 Å². The van der Waals surface area contributed by atoms with Crippen molar-refractivity contribution in [3.63, 3.8) is 0 Å². The summed E-state index contributed by atoms with van der Waals surface area (Å²) in [7, 11) is 1.56. The van der Waals surface area contributed by atoms with Crippen LogP contribution in [0.25, 0.3) is 0 Å². The van der Waals surface area contributed by atoms with Gasteiger partial charge in [-0.3, -0.25) is 5.32 Å². The molecule has 142 valence electrons. The lowest BCUT2D eigenvalue weighted by molar-refractivity contribution is -0.118. The average molecular weight is 361 g/mol. The minimum Gasteiger partial charge on any atom is -0.504 e. The van der Waals surface area contributed by atoms with E-state index in [2.05, 4.69) is 5.32 Å². The molecule has 0 radical (unpaired) electrons. The predicted octanol–water partition coefficient (Wildman–Crippen LogP) is 3.21. The fraction of sp³-hybridized carbons (Fsp3) is 0.650. The summed E-state index contributed by atoms with van der Waals surface area (Å²) in [5, 5.41) is 32.8. The van der Waals surface area contributed by atoms with Crippen LogP contribution >= 0.6 is 0 Å². The van der Waals surface area contributed by atoms with Crippen LogP contribution in [0.5, 0.6) is 11.5 Å². The Bertz CT molecular complexity index is 750. The first-order valence-corrected chi connectivity index (χ1v) is 9.42. The third kappa shape index (κ3) is 2.31. The van der Waals surface area contributed by atoms with E-state index in [1.165, 1.54) is 11.1 Å². The third-order valence-electron chi connectivity index (χ3n) is 7.49. The maximum absolute atomic E-state index is 11.2. The first-order valence-electron chi connectivity index (χ1n) is 9.42. The number of aliphatic hydroxyl groups is 1. The molecule has 1 amide bonds. The van der Waals surface area contributed by atoms with Crippen LogP contribution in [0.1, 0.15) is 56.1 Å². The lowest BCUT2D eigenvalue weighted by Gasteiger charge is -2.53. The molecule has 26 heavy (non-hydrogen) atoms. The van der Waals surface area contributed by atoms with Crippen LogP contribution in [0.4, 0.5) is 4.79 Å². The fourth-order valence-electron chi connectivity index (χ4n) is 6.15. The Balaban J connectivity index is 1.68.